The molecule has 4 nitrogen and oxygen atoms in total. The Bertz CT molecular complexity index is 189. The molecule has 134 valence electrons. The van der Waals surface area contributed by atoms with E-state index < -0.39 is 0 Å². The number of hydrogen-bond acceptors (Lipinski definition) is 4. The maximum atomic E-state index is 5.75. The molecule has 0 aliphatic heterocycles. The Morgan fingerprint density at radius 1 is 0.545 bits per heavy atom. The lowest BCUT2D eigenvalue weighted by molar-refractivity contribution is -0.0308. The van der Waals surface area contributed by atoms with Crippen molar-refractivity contribution in [1.29, 1.82) is 0 Å². The van der Waals surface area contributed by atoms with Gasteiger partial charge in [0.25, 0.3) is 0 Å². The van der Waals surface area contributed by atoms with Crippen LogP contribution in [0.1, 0.15) is 66.2 Å². The van der Waals surface area contributed by atoms with Crippen molar-refractivity contribution < 1.29 is 18.9 Å². The van der Waals surface area contributed by atoms with Crippen molar-refractivity contribution >= 4 is 0 Å². The van der Waals surface area contributed by atoms with Crippen LogP contribution in [-0.2, 0) is 18.9 Å². The quantitative estimate of drug-likeness (QED) is 0.376. The van der Waals surface area contributed by atoms with E-state index in [0.717, 1.165) is 25.7 Å². The minimum atomic E-state index is 0.386. The van der Waals surface area contributed by atoms with Gasteiger partial charge < -0.3 is 18.9 Å². The van der Waals surface area contributed by atoms with Gasteiger partial charge in [0.15, 0.2) is 0 Å². The highest BCUT2D eigenvalue weighted by Gasteiger charge is 2.05. The van der Waals surface area contributed by atoms with Gasteiger partial charge in [0.1, 0.15) is 0 Å². The van der Waals surface area contributed by atoms with E-state index in [1.165, 1.54) is 12.8 Å². The Morgan fingerprint density at radius 3 is 1.23 bits per heavy atom. The summed E-state index contributed by atoms with van der Waals surface area (Å²) in [6.07, 6.45) is 7.54. The lowest BCUT2D eigenvalue weighted by atomic mass is 10.2. The van der Waals surface area contributed by atoms with E-state index in [2.05, 4.69) is 27.7 Å². The molecule has 0 aliphatic carbocycles. The first kappa shape index (κ1) is 21.8. The van der Waals surface area contributed by atoms with Gasteiger partial charge in [0.2, 0.25) is 0 Å². The summed E-state index contributed by atoms with van der Waals surface area (Å²) in [5.74, 6) is 0. The topological polar surface area (TPSA) is 36.9 Å². The fraction of sp³-hybridized carbons (Fsp3) is 1.00. The van der Waals surface area contributed by atoms with Crippen molar-refractivity contribution in [3.05, 3.63) is 0 Å². The Labute approximate surface area is 137 Å². The molecule has 0 heterocycles. The van der Waals surface area contributed by atoms with Gasteiger partial charge in [-0.15, -0.1) is 0 Å². The van der Waals surface area contributed by atoms with Crippen molar-refractivity contribution in [1.82, 2.24) is 0 Å². The predicted molar refractivity (Wildman–Crippen MR) is 91.5 cm³/mol. The van der Waals surface area contributed by atoms with Crippen molar-refractivity contribution in [2.75, 3.05) is 39.6 Å². The van der Waals surface area contributed by atoms with Crippen molar-refractivity contribution in [3.8, 4) is 0 Å². The zero-order valence-corrected chi connectivity index (χ0v) is 15.3. The van der Waals surface area contributed by atoms with Gasteiger partial charge in [-0.05, 0) is 25.7 Å². The number of ether oxygens (including phenoxy) is 4. The first-order valence-corrected chi connectivity index (χ1v) is 9.16. The normalized spacial score (nSPS) is 14.2. The number of hydrogen-bond donors (Lipinski definition) is 0. The minimum absolute atomic E-state index is 0.386. The lowest BCUT2D eigenvalue weighted by Gasteiger charge is -2.15. The van der Waals surface area contributed by atoms with Crippen LogP contribution >= 0.6 is 0 Å². The molecule has 0 aromatic heterocycles. The minimum Gasteiger partial charge on any atom is -0.377 e. The van der Waals surface area contributed by atoms with Crippen LogP contribution in [0.2, 0.25) is 0 Å². The molecule has 0 aromatic rings. The van der Waals surface area contributed by atoms with Crippen molar-refractivity contribution in [2.45, 2.75) is 78.4 Å². The maximum absolute atomic E-state index is 5.75. The van der Waals surface area contributed by atoms with E-state index in [9.17, 15) is 0 Å². The monoisotopic (exact) mass is 318 g/mol. The third-order valence-electron chi connectivity index (χ3n) is 3.67. The largest absolute Gasteiger partial charge is 0.377 e. The molecule has 0 aromatic carbocycles. The van der Waals surface area contributed by atoms with E-state index in [-0.39, 0.29) is 0 Å². The standard InChI is InChI=1S/C18H38O4/c1-5-9-17(7-3)21-15-13-19-11-12-20-14-16-22-18(8-4)10-6-2/h17-18H,5-16H2,1-4H3. The Balaban J connectivity index is 3.26. The molecule has 0 spiro atoms. The second kappa shape index (κ2) is 17.2. The van der Waals surface area contributed by atoms with E-state index in [4.69, 9.17) is 18.9 Å². The third kappa shape index (κ3) is 13.5. The van der Waals surface area contributed by atoms with Crippen LogP contribution in [-0.4, -0.2) is 51.8 Å². The summed E-state index contributed by atoms with van der Waals surface area (Å²) in [6, 6.07) is 0. The predicted octanol–water partition coefficient (Wildman–Crippen LogP) is 4.21. The van der Waals surface area contributed by atoms with Crippen LogP contribution < -0.4 is 0 Å². The van der Waals surface area contributed by atoms with Crippen LogP contribution in [0.5, 0.6) is 0 Å². The molecule has 4 heteroatoms. The van der Waals surface area contributed by atoms with E-state index in [1.807, 2.05) is 0 Å². The smallest absolute Gasteiger partial charge is 0.0704 e. The molecular formula is C18H38O4. The molecule has 0 bridgehead atoms. The second-order valence-electron chi connectivity index (χ2n) is 5.60. The fourth-order valence-corrected chi connectivity index (χ4v) is 2.32. The molecule has 2 atom stereocenters. The molecular weight excluding hydrogens is 280 g/mol. The highest BCUT2D eigenvalue weighted by molar-refractivity contribution is 4.54. The van der Waals surface area contributed by atoms with E-state index in [1.54, 1.807) is 0 Å². The molecule has 0 aliphatic rings. The summed E-state index contributed by atoms with van der Waals surface area (Å²) in [5.41, 5.74) is 0. The summed E-state index contributed by atoms with van der Waals surface area (Å²) >= 11 is 0. The third-order valence-corrected chi connectivity index (χ3v) is 3.67. The highest BCUT2D eigenvalue weighted by Crippen LogP contribution is 2.06. The summed E-state index contributed by atoms with van der Waals surface area (Å²) in [5, 5.41) is 0. The average molecular weight is 318 g/mol. The van der Waals surface area contributed by atoms with Gasteiger partial charge in [-0.25, -0.2) is 0 Å². The lowest BCUT2D eigenvalue weighted by Crippen LogP contribution is -2.18. The van der Waals surface area contributed by atoms with Crippen LogP contribution in [0.25, 0.3) is 0 Å². The van der Waals surface area contributed by atoms with E-state index >= 15 is 0 Å². The first-order valence-electron chi connectivity index (χ1n) is 9.16. The molecule has 0 saturated carbocycles. The molecule has 0 amide bonds. The molecule has 2 unspecified atom stereocenters. The van der Waals surface area contributed by atoms with Crippen molar-refractivity contribution in [2.24, 2.45) is 0 Å². The van der Waals surface area contributed by atoms with Crippen LogP contribution in [0.3, 0.4) is 0 Å². The zero-order chi connectivity index (χ0) is 16.5. The molecule has 0 N–H and O–H groups in total. The molecule has 0 rings (SSSR count). The summed E-state index contributed by atoms with van der Waals surface area (Å²) in [6.45, 7) is 12.6. The average Bonchev–Trinajstić information content (AvgIpc) is 2.54. The van der Waals surface area contributed by atoms with E-state index in [0.29, 0.717) is 51.8 Å². The summed E-state index contributed by atoms with van der Waals surface area (Å²) < 4.78 is 22.5. The van der Waals surface area contributed by atoms with Crippen molar-refractivity contribution in [3.63, 3.8) is 0 Å². The molecule has 0 saturated heterocycles. The Hall–Kier alpha value is -0.160. The molecule has 22 heavy (non-hydrogen) atoms. The SMILES string of the molecule is CCCC(CC)OCCOCCOCCOC(CC)CCC. The van der Waals surface area contributed by atoms with Gasteiger partial charge in [-0.1, -0.05) is 40.5 Å². The van der Waals surface area contributed by atoms with Gasteiger partial charge in [0.05, 0.1) is 51.8 Å². The summed E-state index contributed by atoms with van der Waals surface area (Å²) in [4.78, 5) is 0. The Morgan fingerprint density at radius 2 is 0.909 bits per heavy atom. The van der Waals surface area contributed by atoms with Crippen LogP contribution in [0.4, 0.5) is 0 Å². The maximum Gasteiger partial charge on any atom is 0.0704 e. The van der Waals surface area contributed by atoms with Gasteiger partial charge in [-0.3, -0.25) is 0 Å². The van der Waals surface area contributed by atoms with Crippen LogP contribution in [0, 0.1) is 0 Å². The summed E-state index contributed by atoms with van der Waals surface area (Å²) in [7, 11) is 0. The molecule has 0 fully saturated rings. The first-order chi connectivity index (χ1) is 10.8. The molecule has 0 radical (unpaired) electrons. The number of rotatable bonds is 17. The van der Waals surface area contributed by atoms with Gasteiger partial charge >= 0.3 is 0 Å². The van der Waals surface area contributed by atoms with Gasteiger partial charge in [-0.2, -0.15) is 0 Å². The highest BCUT2D eigenvalue weighted by atomic mass is 16.6. The second-order valence-corrected chi connectivity index (χ2v) is 5.60. The van der Waals surface area contributed by atoms with Gasteiger partial charge in [0, 0.05) is 0 Å². The Kier molecular flexibility index (Phi) is 17.1. The fourth-order valence-electron chi connectivity index (χ4n) is 2.32. The van der Waals surface area contributed by atoms with Crippen LogP contribution in [0.15, 0.2) is 0 Å². The zero-order valence-electron chi connectivity index (χ0n) is 15.3.